The molecule has 0 spiro atoms. The average molecular weight is 305 g/mol. The summed E-state index contributed by atoms with van der Waals surface area (Å²) in [7, 11) is 1.60. The third kappa shape index (κ3) is 3.24. The lowest BCUT2D eigenvalue weighted by molar-refractivity contribution is -0.147. The first-order valence-electron chi connectivity index (χ1n) is 7.53. The van der Waals surface area contributed by atoms with E-state index in [4.69, 9.17) is 9.84 Å². The summed E-state index contributed by atoms with van der Waals surface area (Å²) in [6, 6.07) is 7.44. The normalized spacial score (nSPS) is 18.9. The van der Waals surface area contributed by atoms with Gasteiger partial charge in [0.05, 0.1) is 18.4 Å². The van der Waals surface area contributed by atoms with Crippen molar-refractivity contribution in [3.8, 4) is 5.75 Å². The number of carbonyl (C=O) groups is 2. The predicted molar refractivity (Wildman–Crippen MR) is 83.0 cm³/mol. The summed E-state index contributed by atoms with van der Waals surface area (Å²) in [6.45, 7) is 4.68. The number of benzene rings is 1. The Morgan fingerprint density at radius 1 is 1.27 bits per heavy atom. The number of carboxylic acids is 1. The zero-order valence-electron chi connectivity index (χ0n) is 13.3. The number of amides is 1. The summed E-state index contributed by atoms with van der Waals surface area (Å²) in [5.74, 6) is -0.552. The van der Waals surface area contributed by atoms with Gasteiger partial charge in [-0.15, -0.1) is 0 Å². The van der Waals surface area contributed by atoms with Crippen LogP contribution >= 0.6 is 0 Å². The highest BCUT2D eigenvalue weighted by Crippen LogP contribution is 2.29. The van der Waals surface area contributed by atoms with Crippen LogP contribution < -0.4 is 4.74 Å². The van der Waals surface area contributed by atoms with Gasteiger partial charge < -0.3 is 14.7 Å². The molecular formula is C17H23NO4. The molecule has 2 rings (SSSR count). The van der Waals surface area contributed by atoms with E-state index in [-0.39, 0.29) is 5.91 Å². The van der Waals surface area contributed by atoms with Gasteiger partial charge in [0.15, 0.2) is 0 Å². The maximum absolute atomic E-state index is 12.8. The fraction of sp³-hybridized carbons (Fsp3) is 0.529. The minimum absolute atomic E-state index is 0.0244. The Balaban J connectivity index is 2.16. The number of hydrogen-bond acceptors (Lipinski definition) is 3. The molecule has 1 unspecified atom stereocenters. The van der Waals surface area contributed by atoms with Crippen LogP contribution in [0.4, 0.5) is 0 Å². The van der Waals surface area contributed by atoms with Crippen molar-refractivity contribution >= 4 is 11.9 Å². The SMILES string of the molecule is COc1ccc(C(C)(C)C(=O)N2CCCC(C(=O)O)C2)cc1. The topological polar surface area (TPSA) is 66.8 Å². The van der Waals surface area contributed by atoms with E-state index in [1.54, 1.807) is 12.0 Å². The summed E-state index contributed by atoms with van der Waals surface area (Å²) in [4.78, 5) is 25.7. The van der Waals surface area contributed by atoms with Crippen molar-refractivity contribution in [1.29, 1.82) is 0 Å². The molecule has 5 nitrogen and oxygen atoms in total. The van der Waals surface area contributed by atoms with Crippen LogP contribution in [0.3, 0.4) is 0 Å². The summed E-state index contributed by atoms with van der Waals surface area (Å²) < 4.78 is 5.14. The number of likely N-dealkylation sites (tertiary alicyclic amines) is 1. The number of methoxy groups -OCH3 is 1. The number of rotatable bonds is 4. The highest BCUT2D eigenvalue weighted by Gasteiger charge is 2.37. The van der Waals surface area contributed by atoms with Crippen LogP contribution in [0.25, 0.3) is 0 Å². The van der Waals surface area contributed by atoms with Gasteiger partial charge in [0.25, 0.3) is 0 Å². The van der Waals surface area contributed by atoms with E-state index in [2.05, 4.69) is 0 Å². The second-order valence-corrected chi connectivity index (χ2v) is 6.28. The maximum Gasteiger partial charge on any atom is 0.308 e. The van der Waals surface area contributed by atoms with E-state index in [0.717, 1.165) is 17.7 Å². The predicted octanol–water partition coefficient (Wildman–Crippen LogP) is 2.30. The van der Waals surface area contributed by atoms with Crippen molar-refractivity contribution in [3.05, 3.63) is 29.8 Å². The minimum Gasteiger partial charge on any atom is -0.497 e. The lowest BCUT2D eigenvalue weighted by atomic mass is 9.82. The molecule has 5 heteroatoms. The Morgan fingerprint density at radius 2 is 1.91 bits per heavy atom. The zero-order chi connectivity index (χ0) is 16.3. The molecule has 1 N–H and O–H groups in total. The van der Waals surface area contributed by atoms with Crippen molar-refractivity contribution in [3.63, 3.8) is 0 Å². The van der Waals surface area contributed by atoms with E-state index < -0.39 is 17.3 Å². The fourth-order valence-electron chi connectivity index (χ4n) is 2.89. The lowest BCUT2D eigenvalue weighted by Gasteiger charge is -2.36. The second-order valence-electron chi connectivity index (χ2n) is 6.28. The Labute approximate surface area is 130 Å². The van der Waals surface area contributed by atoms with Gasteiger partial charge in [-0.05, 0) is 44.4 Å². The Kier molecular flexibility index (Phi) is 4.74. The van der Waals surface area contributed by atoms with E-state index in [1.165, 1.54) is 0 Å². The molecule has 1 aromatic rings. The molecule has 1 fully saturated rings. The third-order valence-corrected chi connectivity index (χ3v) is 4.40. The molecular weight excluding hydrogens is 282 g/mol. The number of ether oxygens (including phenoxy) is 1. The van der Waals surface area contributed by atoms with Crippen LogP contribution in [0, 0.1) is 5.92 Å². The molecule has 1 saturated heterocycles. The van der Waals surface area contributed by atoms with Gasteiger partial charge in [-0.1, -0.05) is 12.1 Å². The van der Waals surface area contributed by atoms with Gasteiger partial charge in [0.1, 0.15) is 5.75 Å². The zero-order valence-corrected chi connectivity index (χ0v) is 13.3. The molecule has 1 atom stereocenters. The molecule has 0 saturated carbocycles. The van der Waals surface area contributed by atoms with Gasteiger partial charge in [-0.3, -0.25) is 9.59 Å². The lowest BCUT2D eigenvalue weighted by Crippen LogP contribution is -2.49. The first-order chi connectivity index (χ1) is 10.4. The highest BCUT2D eigenvalue weighted by molar-refractivity contribution is 5.88. The number of nitrogens with zero attached hydrogens (tertiary/aromatic N) is 1. The van der Waals surface area contributed by atoms with Crippen molar-refractivity contribution in [1.82, 2.24) is 4.90 Å². The number of aliphatic carboxylic acids is 1. The quantitative estimate of drug-likeness (QED) is 0.927. The summed E-state index contributed by atoms with van der Waals surface area (Å²) >= 11 is 0. The minimum atomic E-state index is -0.820. The molecule has 0 aliphatic carbocycles. The van der Waals surface area contributed by atoms with Crippen molar-refractivity contribution in [2.24, 2.45) is 5.92 Å². The van der Waals surface area contributed by atoms with E-state index in [9.17, 15) is 9.59 Å². The molecule has 1 aromatic carbocycles. The largest absolute Gasteiger partial charge is 0.497 e. The van der Waals surface area contributed by atoms with E-state index in [0.29, 0.717) is 19.5 Å². The number of piperidine rings is 1. The second kappa shape index (κ2) is 6.38. The average Bonchev–Trinajstić information content (AvgIpc) is 2.54. The van der Waals surface area contributed by atoms with Crippen molar-refractivity contribution < 1.29 is 19.4 Å². The standard InChI is InChI=1S/C17H23NO4/c1-17(2,13-6-8-14(22-3)9-7-13)16(21)18-10-4-5-12(11-18)15(19)20/h6-9,12H,4-5,10-11H2,1-3H3,(H,19,20). The summed E-state index contributed by atoms with van der Waals surface area (Å²) in [6.07, 6.45) is 1.38. The molecule has 0 bridgehead atoms. The Hall–Kier alpha value is -2.04. The van der Waals surface area contributed by atoms with Crippen LogP contribution in [0.15, 0.2) is 24.3 Å². The molecule has 0 aromatic heterocycles. The number of carboxylic acid groups (broad SMARTS) is 1. The molecule has 1 aliphatic heterocycles. The smallest absolute Gasteiger partial charge is 0.308 e. The first-order valence-corrected chi connectivity index (χ1v) is 7.53. The summed E-state index contributed by atoms with van der Waals surface area (Å²) in [5, 5.41) is 9.16. The number of hydrogen-bond donors (Lipinski definition) is 1. The van der Waals surface area contributed by atoms with Gasteiger partial charge >= 0.3 is 5.97 Å². The maximum atomic E-state index is 12.8. The fourth-order valence-corrected chi connectivity index (χ4v) is 2.89. The van der Waals surface area contributed by atoms with Gasteiger partial charge in [-0.2, -0.15) is 0 Å². The van der Waals surface area contributed by atoms with Gasteiger partial charge in [-0.25, -0.2) is 0 Å². The Bertz CT molecular complexity index is 550. The van der Waals surface area contributed by atoms with E-state index >= 15 is 0 Å². The van der Waals surface area contributed by atoms with Gasteiger partial charge in [0, 0.05) is 13.1 Å². The van der Waals surface area contributed by atoms with Crippen molar-refractivity contribution in [2.75, 3.05) is 20.2 Å². The number of carbonyl (C=O) groups excluding carboxylic acids is 1. The van der Waals surface area contributed by atoms with Crippen molar-refractivity contribution in [2.45, 2.75) is 32.1 Å². The summed E-state index contributed by atoms with van der Waals surface area (Å²) in [5.41, 5.74) is 0.211. The van der Waals surface area contributed by atoms with E-state index in [1.807, 2.05) is 38.1 Å². The molecule has 1 aliphatic rings. The first kappa shape index (κ1) is 16.3. The van der Waals surface area contributed by atoms with Crippen LogP contribution in [-0.2, 0) is 15.0 Å². The van der Waals surface area contributed by atoms with Crippen LogP contribution in [0.5, 0.6) is 5.75 Å². The third-order valence-electron chi connectivity index (χ3n) is 4.40. The Morgan fingerprint density at radius 3 is 2.45 bits per heavy atom. The molecule has 0 radical (unpaired) electrons. The monoisotopic (exact) mass is 305 g/mol. The molecule has 1 heterocycles. The molecule has 120 valence electrons. The van der Waals surface area contributed by atoms with Crippen LogP contribution in [0.1, 0.15) is 32.3 Å². The highest BCUT2D eigenvalue weighted by atomic mass is 16.5. The van der Waals surface area contributed by atoms with Crippen LogP contribution in [0.2, 0.25) is 0 Å². The van der Waals surface area contributed by atoms with Gasteiger partial charge in [0.2, 0.25) is 5.91 Å². The van der Waals surface area contributed by atoms with Crippen LogP contribution in [-0.4, -0.2) is 42.1 Å². The molecule has 22 heavy (non-hydrogen) atoms. The molecule has 1 amide bonds.